The molecule has 3 rings (SSSR count). The summed E-state index contributed by atoms with van der Waals surface area (Å²) in [6.07, 6.45) is 6.72. The first-order valence-corrected chi connectivity index (χ1v) is 10.3. The zero-order chi connectivity index (χ0) is 17.6. The van der Waals surface area contributed by atoms with Crippen LogP contribution in [-0.2, 0) is 4.79 Å². The molecule has 136 valence electrons. The topological polar surface area (TPSA) is 61.4 Å². The quantitative estimate of drug-likeness (QED) is 0.723. The molecule has 1 aromatic rings. The number of benzene rings is 1. The van der Waals surface area contributed by atoms with Crippen LogP contribution in [0.25, 0.3) is 0 Å². The van der Waals surface area contributed by atoms with Crippen molar-refractivity contribution in [3.8, 4) is 0 Å². The number of urea groups is 1. The Hall–Kier alpha value is -1.40. The highest BCUT2D eigenvalue weighted by Crippen LogP contribution is 2.32. The van der Waals surface area contributed by atoms with Gasteiger partial charge in [0.2, 0.25) is 5.91 Å². The number of anilines is 2. The number of nitrogens with one attached hydrogen (secondary N) is 2. The number of nitrogens with zero attached hydrogens (tertiary/aromatic N) is 1. The van der Waals surface area contributed by atoms with Gasteiger partial charge in [0, 0.05) is 36.2 Å². The standard InChI is InChI=1S/C18H24ClN3O2S/c19-15-12-13(7-8-16(15)22-10-3-6-17(22)23)21-18(24)20-9-11-25-14-4-1-2-5-14/h7-8,12,14H,1-6,9-11H2,(H2,20,21,24). The average Bonchev–Trinajstić information content (AvgIpc) is 3.24. The van der Waals surface area contributed by atoms with Crippen molar-refractivity contribution in [1.82, 2.24) is 5.32 Å². The molecule has 25 heavy (non-hydrogen) atoms. The second-order valence-corrected chi connectivity index (χ2v) is 8.29. The first kappa shape index (κ1) is 18.4. The highest BCUT2D eigenvalue weighted by atomic mass is 35.5. The molecule has 0 atom stereocenters. The maximum atomic E-state index is 12.0. The van der Waals surface area contributed by atoms with Gasteiger partial charge in [-0.2, -0.15) is 11.8 Å². The van der Waals surface area contributed by atoms with E-state index in [0.717, 1.165) is 17.4 Å². The summed E-state index contributed by atoms with van der Waals surface area (Å²) < 4.78 is 0. The summed E-state index contributed by atoms with van der Waals surface area (Å²) in [5.74, 6) is 1.04. The zero-order valence-corrected chi connectivity index (χ0v) is 15.8. The summed E-state index contributed by atoms with van der Waals surface area (Å²) in [5, 5.41) is 6.91. The highest BCUT2D eigenvalue weighted by Gasteiger charge is 2.23. The van der Waals surface area contributed by atoms with Gasteiger partial charge in [0.1, 0.15) is 0 Å². The van der Waals surface area contributed by atoms with Crippen LogP contribution in [0.1, 0.15) is 38.5 Å². The third-order valence-corrected chi connectivity index (χ3v) is 6.30. The van der Waals surface area contributed by atoms with Gasteiger partial charge in [-0.05, 0) is 37.5 Å². The van der Waals surface area contributed by atoms with E-state index in [0.29, 0.717) is 35.9 Å². The molecular weight excluding hydrogens is 358 g/mol. The fourth-order valence-electron chi connectivity index (χ4n) is 3.33. The highest BCUT2D eigenvalue weighted by molar-refractivity contribution is 7.99. The third-order valence-electron chi connectivity index (χ3n) is 4.61. The average molecular weight is 382 g/mol. The Labute approximate surface area is 157 Å². The van der Waals surface area contributed by atoms with Crippen molar-refractivity contribution in [3.63, 3.8) is 0 Å². The van der Waals surface area contributed by atoms with Crippen LogP contribution in [0.15, 0.2) is 18.2 Å². The van der Waals surface area contributed by atoms with Crippen molar-refractivity contribution in [2.24, 2.45) is 0 Å². The molecule has 5 nitrogen and oxygen atoms in total. The van der Waals surface area contributed by atoms with Crippen molar-refractivity contribution in [2.45, 2.75) is 43.8 Å². The van der Waals surface area contributed by atoms with E-state index in [1.54, 1.807) is 23.1 Å². The Bertz CT molecular complexity index is 635. The number of rotatable bonds is 6. The molecule has 3 amide bonds. The Kier molecular flexibility index (Phi) is 6.48. The molecule has 0 spiro atoms. The number of thioether (sulfide) groups is 1. The number of amides is 3. The van der Waals surface area contributed by atoms with Crippen LogP contribution in [0.2, 0.25) is 5.02 Å². The number of hydrogen-bond acceptors (Lipinski definition) is 3. The lowest BCUT2D eigenvalue weighted by molar-refractivity contribution is -0.117. The molecule has 1 aliphatic carbocycles. The Morgan fingerprint density at radius 1 is 1.28 bits per heavy atom. The lowest BCUT2D eigenvalue weighted by atomic mass is 10.2. The summed E-state index contributed by atoms with van der Waals surface area (Å²) >= 11 is 8.24. The summed E-state index contributed by atoms with van der Waals surface area (Å²) in [4.78, 5) is 25.5. The summed E-state index contributed by atoms with van der Waals surface area (Å²) in [5.41, 5.74) is 1.34. The predicted molar refractivity (Wildman–Crippen MR) is 105 cm³/mol. The second-order valence-electron chi connectivity index (χ2n) is 6.47. The molecule has 1 aliphatic heterocycles. The van der Waals surface area contributed by atoms with E-state index in [1.807, 2.05) is 11.8 Å². The second kappa shape index (κ2) is 8.81. The molecule has 2 fully saturated rings. The van der Waals surface area contributed by atoms with Crippen molar-refractivity contribution in [2.75, 3.05) is 29.1 Å². The van der Waals surface area contributed by atoms with Gasteiger partial charge in [0.25, 0.3) is 0 Å². The summed E-state index contributed by atoms with van der Waals surface area (Å²) in [7, 11) is 0. The zero-order valence-electron chi connectivity index (χ0n) is 14.2. The normalized spacial score (nSPS) is 18.0. The van der Waals surface area contributed by atoms with Crippen molar-refractivity contribution in [1.29, 1.82) is 0 Å². The number of halogens is 1. The molecule has 2 aliphatic rings. The lowest BCUT2D eigenvalue weighted by Crippen LogP contribution is -2.30. The smallest absolute Gasteiger partial charge is 0.319 e. The Morgan fingerprint density at radius 3 is 2.76 bits per heavy atom. The molecule has 1 heterocycles. The van der Waals surface area contributed by atoms with Gasteiger partial charge >= 0.3 is 6.03 Å². The predicted octanol–water partition coefficient (Wildman–Crippen LogP) is 4.26. The molecule has 1 aromatic carbocycles. The van der Waals surface area contributed by atoms with Crippen molar-refractivity contribution in [3.05, 3.63) is 23.2 Å². The van der Waals surface area contributed by atoms with Crippen LogP contribution in [-0.4, -0.2) is 36.0 Å². The number of hydrogen-bond donors (Lipinski definition) is 2. The fraction of sp³-hybridized carbons (Fsp3) is 0.556. The maximum Gasteiger partial charge on any atom is 0.319 e. The van der Waals surface area contributed by atoms with Crippen LogP contribution < -0.4 is 15.5 Å². The molecule has 1 saturated carbocycles. The summed E-state index contributed by atoms with van der Waals surface area (Å²) in [6, 6.07) is 5.03. The van der Waals surface area contributed by atoms with E-state index in [9.17, 15) is 9.59 Å². The third kappa shape index (κ3) is 5.05. The first-order chi connectivity index (χ1) is 12.1. The lowest BCUT2D eigenvalue weighted by Gasteiger charge is -2.18. The van der Waals surface area contributed by atoms with Crippen LogP contribution in [0.3, 0.4) is 0 Å². The largest absolute Gasteiger partial charge is 0.337 e. The molecule has 0 unspecified atom stereocenters. The molecule has 7 heteroatoms. The molecule has 0 aromatic heterocycles. The van der Waals surface area contributed by atoms with Gasteiger partial charge in [-0.3, -0.25) is 4.79 Å². The monoisotopic (exact) mass is 381 g/mol. The molecule has 0 bridgehead atoms. The van der Waals surface area contributed by atoms with Gasteiger partial charge in [-0.25, -0.2) is 4.79 Å². The van der Waals surface area contributed by atoms with Crippen molar-refractivity contribution >= 4 is 46.7 Å². The molecule has 0 radical (unpaired) electrons. The first-order valence-electron chi connectivity index (χ1n) is 8.90. The van der Waals surface area contributed by atoms with Gasteiger partial charge < -0.3 is 15.5 Å². The number of carbonyl (C=O) groups excluding carboxylic acids is 2. The van der Waals surface area contributed by atoms with Crippen molar-refractivity contribution < 1.29 is 9.59 Å². The van der Waals surface area contributed by atoms with Gasteiger partial charge in [-0.15, -0.1) is 0 Å². The maximum absolute atomic E-state index is 12.0. The van der Waals surface area contributed by atoms with E-state index >= 15 is 0 Å². The van der Waals surface area contributed by atoms with E-state index < -0.39 is 0 Å². The van der Waals surface area contributed by atoms with Gasteiger partial charge in [-0.1, -0.05) is 24.4 Å². The fourth-order valence-corrected chi connectivity index (χ4v) is 4.83. The van der Waals surface area contributed by atoms with Crippen LogP contribution in [0.5, 0.6) is 0 Å². The molecular formula is C18H24ClN3O2S. The SMILES string of the molecule is O=C(NCCSC1CCCC1)Nc1ccc(N2CCCC2=O)c(Cl)c1. The van der Waals surface area contributed by atoms with E-state index in [4.69, 9.17) is 11.6 Å². The Balaban J connectivity index is 1.44. The van der Waals surface area contributed by atoms with Crippen LogP contribution in [0, 0.1) is 0 Å². The van der Waals surface area contributed by atoms with Crippen LogP contribution in [0.4, 0.5) is 16.2 Å². The minimum Gasteiger partial charge on any atom is -0.337 e. The minimum atomic E-state index is -0.229. The number of carbonyl (C=O) groups is 2. The van der Waals surface area contributed by atoms with E-state index in [1.165, 1.54) is 25.7 Å². The van der Waals surface area contributed by atoms with Gasteiger partial charge in [0.05, 0.1) is 10.7 Å². The van der Waals surface area contributed by atoms with Gasteiger partial charge in [0.15, 0.2) is 0 Å². The van der Waals surface area contributed by atoms with Crippen LogP contribution >= 0.6 is 23.4 Å². The molecule has 1 saturated heterocycles. The minimum absolute atomic E-state index is 0.0973. The van der Waals surface area contributed by atoms with E-state index in [-0.39, 0.29) is 11.9 Å². The summed E-state index contributed by atoms with van der Waals surface area (Å²) in [6.45, 7) is 1.35. The Morgan fingerprint density at radius 2 is 2.08 bits per heavy atom. The molecule has 2 N–H and O–H groups in total. The van der Waals surface area contributed by atoms with E-state index in [2.05, 4.69) is 10.6 Å².